The second-order valence-corrected chi connectivity index (χ2v) is 6.51. The Morgan fingerprint density at radius 1 is 1.37 bits per heavy atom. The van der Waals surface area contributed by atoms with Gasteiger partial charge < -0.3 is 10.0 Å². The third kappa shape index (κ3) is 4.27. The summed E-state index contributed by atoms with van der Waals surface area (Å²) in [5.41, 5.74) is 0. The van der Waals surface area contributed by atoms with Gasteiger partial charge >= 0.3 is 0 Å². The maximum Gasteiger partial charge on any atom is 0.263 e. The zero-order valence-corrected chi connectivity index (χ0v) is 12.4. The first kappa shape index (κ1) is 14.4. The van der Waals surface area contributed by atoms with Gasteiger partial charge in [0.05, 0.1) is 16.4 Å². The van der Waals surface area contributed by atoms with Crippen LogP contribution in [0.3, 0.4) is 0 Å². The number of hydrogen-bond donors (Lipinski definition) is 1. The van der Waals surface area contributed by atoms with E-state index in [1.54, 1.807) is 0 Å². The second-order valence-electron chi connectivity index (χ2n) is 4.20. The molecule has 0 bridgehead atoms. The van der Waals surface area contributed by atoms with Gasteiger partial charge in [0, 0.05) is 25.3 Å². The van der Waals surface area contributed by atoms with Crippen molar-refractivity contribution in [2.75, 3.05) is 31.2 Å². The summed E-state index contributed by atoms with van der Waals surface area (Å²) in [6.07, 6.45) is 1.55. The molecule has 1 aliphatic heterocycles. The van der Waals surface area contributed by atoms with Crippen molar-refractivity contribution in [3.05, 3.63) is 21.9 Å². The van der Waals surface area contributed by atoms with Crippen molar-refractivity contribution in [3.63, 3.8) is 0 Å². The lowest BCUT2D eigenvalue weighted by atomic mass is 10.3. The molecule has 0 aliphatic carbocycles. The fourth-order valence-corrected chi connectivity index (χ4v) is 3.57. The zero-order chi connectivity index (χ0) is 13.5. The Labute approximate surface area is 122 Å². The summed E-state index contributed by atoms with van der Waals surface area (Å²) in [5, 5.41) is 8.67. The second kappa shape index (κ2) is 7.59. The molecule has 0 saturated carbocycles. The summed E-state index contributed by atoms with van der Waals surface area (Å²) in [6, 6.07) is 3.74. The van der Waals surface area contributed by atoms with Crippen LogP contribution < -0.4 is 0 Å². The van der Waals surface area contributed by atoms with E-state index in [0.29, 0.717) is 6.42 Å². The summed E-state index contributed by atoms with van der Waals surface area (Å²) in [7, 11) is 0. The minimum Gasteiger partial charge on any atom is -0.395 e. The fraction of sp³-hybridized carbons (Fsp3) is 0.500. The molecule has 1 fully saturated rings. The number of thioether (sulfide) groups is 1. The van der Waals surface area contributed by atoms with Gasteiger partial charge in [-0.2, -0.15) is 11.8 Å². The maximum atomic E-state index is 12.3. The largest absolute Gasteiger partial charge is 0.395 e. The van der Waals surface area contributed by atoms with E-state index in [1.165, 1.54) is 11.3 Å². The molecule has 0 spiro atoms. The van der Waals surface area contributed by atoms with E-state index in [1.807, 2.05) is 28.8 Å². The smallest absolute Gasteiger partial charge is 0.263 e. The highest BCUT2D eigenvalue weighted by Crippen LogP contribution is 2.19. The van der Waals surface area contributed by atoms with Gasteiger partial charge in [0.1, 0.15) is 0 Å². The molecule has 1 aliphatic rings. The third-order valence-electron chi connectivity index (χ3n) is 2.77. The summed E-state index contributed by atoms with van der Waals surface area (Å²) >= 11 is 3.35. The van der Waals surface area contributed by atoms with Crippen molar-refractivity contribution in [2.24, 2.45) is 0 Å². The molecule has 1 aromatic rings. The molecule has 0 radical (unpaired) electrons. The molecule has 0 unspecified atom stereocenters. The van der Waals surface area contributed by atoms with Crippen LogP contribution >= 0.6 is 23.1 Å². The van der Waals surface area contributed by atoms with Gasteiger partial charge in [-0.3, -0.25) is 4.79 Å². The Kier molecular flexibility index (Phi) is 5.77. The molecular formula is C14H17NO2S2. The first-order valence-electron chi connectivity index (χ1n) is 6.38. The maximum absolute atomic E-state index is 12.3. The SMILES string of the molecule is O=C(c1ccc(C#CCCO)s1)N1CCCSCC1. The fourth-order valence-electron chi connectivity index (χ4n) is 1.83. The number of hydrogen-bond acceptors (Lipinski definition) is 4. The minimum atomic E-state index is 0.0790. The molecule has 2 rings (SSSR count). The number of amides is 1. The lowest BCUT2D eigenvalue weighted by molar-refractivity contribution is 0.0773. The van der Waals surface area contributed by atoms with E-state index in [2.05, 4.69) is 11.8 Å². The Hall–Kier alpha value is -0.960. The molecule has 1 N–H and O–H groups in total. The summed E-state index contributed by atoms with van der Waals surface area (Å²) in [5.74, 6) is 8.15. The van der Waals surface area contributed by atoms with E-state index in [9.17, 15) is 4.79 Å². The summed E-state index contributed by atoms with van der Waals surface area (Å²) < 4.78 is 0. The highest BCUT2D eigenvalue weighted by molar-refractivity contribution is 7.99. The van der Waals surface area contributed by atoms with E-state index >= 15 is 0 Å². The van der Waals surface area contributed by atoms with Crippen LogP contribution in [0.15, 0.2) is 12.1 Å². The highest BCUT2D eigenvalue weighted by Gasteiger charge is 2.18. The van der Waals surface area contributed by atoms with Crippen LogP contribution in [0.25, 0.3) is 0 Å². The molecule has 1 amide bonds. The van der Waals surface area contributed by atoms with Crippen LogP contribution in [-0.4, -0.2) is 47.1 Å². The number of aliphatic hydroxyl groups excluding tert-OH is 1. The van der Waals surface area contributed by atoms with Crippen molar-refractivity contribution in [3.8, 4) is 11.8 Å². The van der Waals surface area contributed by atoms with E-state index in [-0.39, 0.29) is 12.5 Å². The predicted octanol–water partition coefficient (Wildman–Crippen LogP) is 2.06. The van der Waals surface area contributed by atoms with E-state index in [0.717, 1.165) is 40.8 Å². The van der Waals surface area contributed by atoms with Gasteiger partial charge in [0.2, 0.25) is 0 Å². The van der Waals surface area contributed by atoms with Crippen LogP contribution in [0.5, 0.6) is 0 Å². The van der Waals surface area contributed by atoms with E-state index < -0.39 is 0 Å². The first-order valence-corrected chi connectivity index (χ1v) is 8.35. The molecule has 0 atom stereocenters. The average molecular weight is 295 g/mol. The Bertz CT molecular complexity index is 479. The number of aliphatic hydroxyl groups is 1. The third-order valence-corrected chi connectivity index (χ3v) is 4.81. The molecule has 1 saturated heterocycles. The van der Waals surface area contributed by atoms with Gasteiger partial charge in [-0.25, -0.2) is 0 Å². The van der Waals surface area contributed by atoms with Crippen LogP contribution in [0.1, 0.15) is 27.4 Å². The molecular weight excluding hydrogens is 278 g/mol. The summed E-state index contributed by atoms with van der Waals surface area (Å²) in [4.78, 5) is 15.9. The molecule has 1 aromatic heterocycles. The number of nitrogens with zero attached hydrogens (tertiary/aromatic N) is 1. The first-order chi connectivity index (χ1) is 9.31. The van der Waals surface area contributed by atoms with Crippen molar-refractivity contribution < 1.29 is 9.90 Å². The van der Waals surface area contributed by atoms with Crippen molar-refractivity contribution in [1.29, 1.82) is 0 Å². The topological polar surface area (TPSA) is 40.5 Å². The standard InChI is InChI=1S/C14H17NO2S2/c16-9-2-1-4-12-5-6-13(19-12)14(17)15-7-3-10-18-11-8-15/h5-6,16H,2-3,7-11H2. The van der Waals surface area contributed by atoms with Crippen molar-refractivity contribution >= 4 is 29.0 Å². The molecule has 102 valence electrons. The Balaban J connectivity index is 2.01. The van der Waals surface area contributed by atoms with E-state index in [4.69, 9.17) is 5.11 Å². The predicted molar refractivity (Wildman–Crippen MR) is 80.7 cm³/mol. The van der Waals surface area contributed by atoms with Crippen LogP contribution in [-0.2, 0) is 0 Å². The number of carbonyl (C=O) groups is 1. The lowest BCUT2D eigenvalue weighted by Gasteiger charge is -2.18. The molecule has 5 heteroatoms. The average Bonchev–Trinajstić information content (AvgIpc) is 2.72. The molecule has 3 nitrogen and oxygen atoms in total. The van der Waals surface area contributed by atoms with Crippen LogP contribution in [0, 0.1) is 11.8 Å². The monoisotopic (exact) mass is 295 g/mol. The van der Waals surface area contributed by atoms with Gasteiger partial charge in [-0.1, -0.05) is 11.8 Å². The number of carbonyl (C=O) groups excluding carboxylic acids is 1. The number of rotatable bonds is 2. The van der Waals surface area contributed by atoms with Gasteiger partial charge in [0.25, 0.3) is 5.91 Å². The van der Waals surface area contributed by atoms with Crippen LogP contribution in [0.2, 0.25) is 0 Å². The van der Waals surface area contributed by atoms with Crippen molar-refractivity contribution in [2.45, 2.75) is 12.8 Å². The molecule has 0 aromatic carbocycles. The minimum absolute atomic E-state index is 0.0790. The lowest BCUT2D eigenvalue weighted by Crippen LogP contribution is -2.32. The van der Waals surface area contributed by atoms with Gasteiger partial charge in [0.15, 0.2) is 0 Å². The van der Waals surface area contributed by atoms with Crippen LogP contribution in [0.4, 0.5) is 0 Å². The van der Waals surface area contributed by atoms with Gasteiger partial charge in [-0.15, -0.1) is 11.3 Å². The number of thiophene rings is 1. The summed E-state index contributed by atoms with van der Waals surface area (Å²) in [6.45, 7) is 1.78. The van der Waals surface area contributed by atoms with Gasteiger partial charge in [-0.05, 0) is 24.3 Å². The normalized spacial score (nSPS) is 15.5. The Morgan fingerprint density at radius 3 is 3.11 bits per heavy atom. The van der Waals surface area contributed by atoms with Crippen molar-refractivity contribution in [1.82, 2.24) is 4.90 Å². The highest BCUT2D eigenvalue weighted by atomic mass is 32.2. The quantitative estimate of drug-likeness (QED) is 0.849. The zero-order valence-electron chi connectivity index (χ0n) is 10.7. The molecule has 19 heavy (non-hydrogen) atoms. The molecule has 2 heterocycles. The Morgan fingerprint density at radius 2 is 2.26 bits per heavy atom.